The second kappa shape index (κ2) is 9.87. The zero-order valence-corrected chi connectivity index (χ0v) is 19.4. The molecule has 8 nitrogen and oxygen atoms in total. The third-order valence-electron chi connectivity index (χ3n) is 4.79. The lowest BCUT2D eigenvalue weighted by Gasteiger charge is -2.16. The van der Waals surface area contributed by atoms with Crippen molar-refractivity contribution >= 4 is 33.3 Å². The van der Waals surface area contributed by atoms with E-state index >= 15 is 0 Å². The van der Waals surface area contributed by atoms with Crippen molar-refractivity contribution < 1.29 is 50.1 Å². The molecular weight excluding hydrogens is 539 g/mol. The SMILES string of the molecule is COc1c(Cl)cc(C(=O)O)cc1S(=O)(=O)Nc1cc(-c2cnc(C(F)(F)F)cc2CO)c(F)cc1F. The van der Waals surface area contributed by atoms with E-state index in [9.17, 15) is 45.4 Å². The first-order valence-corrected chi connectivity index (χ1v) is 11.4. The van der Waals surface area contributed by atoms with Crippen molar-refractivity contribution in [2.24, 2.45) is 0 Å². The van der Waals surface area contributed by atoms with Crippen LogP contribution in [0.15, 0.2) is 41.4 Å². The van der Waals surface area contributed by atoms with Gasteiger partial charge in [-0.15, -0.1) is 0 Å². The number of carboxylic acids is 1. The molecule has 1 heterocycles. The van der Waals surface area contributed by atoms with Crippen molar-refractivity contribution in [1.82, 2.24) is 4.98 Å². The molecule has 192 valence electrons. The highest BCUT2D eigenvalue weighted by Crippen LogP contribution is 2.37. The fourth-order valence-electron chi connectivity index (χ4n) is 3.15. The Bertz CT molecular complexity index is 1460. The summed E-state index contributed by atoms with van der Waals surface area (Å²) < 4.78 is 101. The van der Waals surface area contributed by atoms with E-state index in [1.807, 2.05) is 4.72 Å². The Balaban J connectivity index is 2.15. The topological polar surface area (TPSA) is 126 Å². The number of halogens is 6. The van der Waals surface area contributed by atoms with Crippen molar-refractivity contribution in [2.45, 2.75) is 17.7 Å². The third kappa shape index (κ3) is 5.34. The van der Waals surface area contributed by atoms with Gasteiger partial charge < -0.3 is 14.9 Å². The number of hydrogen-bond donors (Lipinski definition) is 3. The van der Waals surface area contributed by atoms with E-state index in [2.05, 4.69) is 4.98 Å². The maximum absolute atomic E-state index is 14.6. The molecule has 3 N–H and O–H groups in total. The molecule has 0 bridgehead atoms. The molecule has 0 amide bonds. The van der Waals surface area contributed by atoms with Crippen molar-refractivity contribution in [3.8, 4) is 16.9 Å². The molecule has 2 aromatic carbocycles. The van der Waals surface area contributed by atoms with Crippen molar-refractivity contribution in [2.75, 3.05) is 11.8 Å². The normalized spacial score (nSPS) is 11.9. The zero-order valence-electron chi connectivity index (χ0n) is 17.8. The minimum Gasteiger partial charge on any atom is -0.494 e. The Labute approximate surface area is 205 Å². The van der Waals surface area contributed by atoms with Crippen LogP contribution < -0.4 is 9.46 Å². The van der Waals surface area contributed by atoms with Crippen LogP contribution in [-0.4, -0.2) is 36.7 Å². The van der Waals surface area contributed by atoms with Crippen molar-refractivity contribution in [1.29, 1.82) is 0 Å². The molecule has 1 aromatic heterocycles. The molecule has 0 radical (unpaired) electrons. The Morgan fingerprint density at radius 1 is 1.11 bits per heavy atom. The molecule has 0 aliphatic carbocycles. The monoisotopic (exact) mass is 552 g/mol. The molecule has 0 aliphatic rings. The summed E-state index contributed by atoms with van der Waals surface area (Å²) in [5.74, 6) is -4.70. The summed E-state index contributed by atoms with van der Waals surface area (Å²) in [6.07, 6.45) is -4.27. The molecule has 15 heteroatoms. The number of ether oxygens (including phenoxy) is 1. The second-order valence-corrected chi connectivity index (χ2v) is 9.15. The summed E-state index contributed by atoms with van der Waals surface area (Å²) in [5.41, 5.74) is -4.13. The van der Waals surface area contributed by atoms with E-state index in [0.29, 0.717) is 24.4 Å². The van der Waals surface area contributed by atoms with Crippen molar-refractivity contribution in [3.63, 3.8) is 0 Å². The van der Waals surface area contributed by atoms with Crippen LogP contribution in [0.1, 0.15) is 21.6 Å². The first-order chi connectivity index (χ1) is 16.7. The number of anilines is 1. The number of aliphatic hydroxyl groups is 1. The lowest BCUT2D eigenvalue weighted by molar-refractivity contribution is -0.141. The number of carboxylic acid groups (broad SMARTS) is 1. The number of methoxy groups -OCH3 is 1. The van der Waals surface area contributed by atoms with Gasteiger partial charge in [-0.2, -0.15) is 13.2 Å². The number of carbonyl (C=O) groups is 1. The van der Waals surface area contributed by atoms with Gasteiger partial charge >= 0.3 is 12.1 Å². The fraction of sp³-hybridized carbons (Fsp3) is 0.143. The number of aromatic carboxylic acids is 1. The lowest BCUT2D eigenvalue weighted by atomic mass is 10.00. The van der Waals surface area contributed by atoms with Crippen LogP contribution in [0.2, 0.25) is 5.02 Å². The highest BCUT2D eigenvalue weighted by atomic mass is 35.5. The van der Waals surface area contributed by atoms with Gasteiger partial charge in [-0.3, -0.25) is 9.71 Å². The number of hydrogen-bond acceptors (Lipinski definition) is 6. The largest absolute Gasteiger partial charge is 0.494 e. The van der Waals surface area contributed by atoms with E-state index in [4.69, 9.17) is 16.3 Å². The lowest BCUT2D eigenvalue weighted by Crippen LogP contribution is -2.16. The smallest absolute Gasteiger partial charge is 0.433 e. The van der Waals surface area contributed by atoms with E-state index in [-0.39, 0.29) is 16.7 Å². The Morgan fingerprint density at radius 2 is 1.78 bits per heavy atom. The zero-order chi connectivity index (χ0) is 27.0. The Morgan fingerprint density at radius 3 is 2.33 bits per heavy atom. The van der Waals surface area contributed by atoms with Gasteiger partial charge in [0.15, 0.2) is 5.75 Å². The quantitative estimate of drug-likeness (QED) is 0.363. The van der Waals surface area contributed by atoms with Crippen LogP contribution in [0.4, 0.5) is 27.6 Å². The molecule has 3 rings (SSSR count). The number of pyridine rings is 1. The number of sulfonamides is 1. The number of rotatable bonds is 7. The highest BCUT2D eigenvalue weighted by molar-refractivity contribution is 7.92. The number of benzene rings is 2. The van der Waals surface area contributed by atoms with E-state index in [1.165, 1.54) is 0 Å². The molecular formula is C21H14ClF5N2O6S. The predicted molar refractivity (Wildman–Crippen MR) is 116 cm³/mol. The summed E-state index contributed by atoms with van der Waals surface area (Å²) in [4.78, 5) is 13.7. The van der Waals surface area contributed by atoms with Gasteiger partial charge in [0.1, 0.15) is 22.2 Å². The van der Waals surface area contributed by atoms with Crippen LogP contribution in [0.5, 0.6) is 5.75 Å². The Kier molecular flexibility index (Phi) is 7.43. The second-order valence-electron chi connectivity index (χ2n) is 7.09. The fourth-order valence-corrected chi connectivity index (χ4v) is 4.78. The van der Waals surface area contributed by atoms with Gasteiger partial charge in [0.25, 0.3) is 10.0 Å². The minimum atomic E-state index is -4.87. The average Bonchev–Trinajstić information content (AvgIpc) is 2.79. The van der Waals surface area contributed by atoms with E-state index in [1.54, 1.807) is 0 Å². The van der Waals surface area contributed by atoms with Gasteiger partial charge in [0, 0.05) is 23.4 Å². The molecule has 0 saturated heterocycles. The highest BCUT2D eigenvalue weighted by Gasteiger charge is 2.33. The molecule has 36 heavy (non-hydrogen) atoms. The van der Waals surface area contributed by atoms with Gasteiger partial charge in [-0.1, -0.05) is 11.6 Å². The molecule has 0 atom stereocenters. The predicted octanol–water partition coefficient (Wildman–Crippen LogP) is 4.70. The van der Waals surface area contributed by atoms with Crippen LogP contribution in [0.3, 0.4) is 0 Å². The van der Waals surface area contributed by atoms with Gasteiger partial charge in [-0.25, -0.2) is 22.0 Å². The maximum Gasteiger partial charge on any atom is 0.433 e. The summed E-state index contributed by atoms with van der Waals surface area (Å²) in [6, 6.07) is 2.99. The average molecular weight is 553 g/mol. The van der Waals surface area contributed by atoms with Crippen LogP contribution in [0.25, 0.3) is 11.1 Å². The van der Waals surface area contributed by atoms with Gasteiger partial charge in [0.05, 0.1) is 30.0 Å². The third-order valence-corrected chi connectivity index (χ3v) is 6.44. The first-order valence-electron chi connectivity index (χ1n) is 9.49. The van der Waals surface area contributed by atoms with Crippen LogP contribution >= 0.6 is 11.6 Å². The standard InChI is InChI=1S/C21H14ClF5N2O6S/c1-35-19-13(22)2-9(20(31)32)3-17(19)36(33,34)29-16-5-11(14(23)6-15(16)24)12-7-28-18(21(25,26)27)4-10(12)8-30/h2-7,29-30H,8H2,1H3,(H,31,32). The number of aromatic nitrogens is 1. The Hall–Kier alpha value is -3.49. The summed E-state index contributed by atoms with van der Waals surface area (Å²) in [6.45, 7) is -0.976. The number of alkyl halides is 3. The molecule has 3 aromatic rings. The maximum atomic E-state index is 14.6. The van der Waals surface area contributed by atoms with Crippen molar-refractivity contribution in [3.05, 3.63) is 70.0 Å². The minimum absolute atomic E-state index is 0.268. The summed E-state index contributed by atoms with van der Waals surface area (Å²) in [7, 11) is -3.76. The molecule has 0 aliphatic heterocycles. The number of nitrogens with zero attached hydrogens (tertiary/aromatic N) is 1. The van der Waals surface area contributed by atoms with E-state index < -0.39 is 79.1 Å². The molecule has 0 fully saturated rings. The van der Waals surface area contributed by atoms with Crippen LogP contribution in [-0.2, 0) is 22.8 Å². The molecule has 0 saturated carbocycles. The van der Waals surface area contributed by atoms with Crippen LogP contribution in [0, 0.1) is 11.6 Å². The number of aliphatic hydroxyl groups excluding tert-OH is 1. The van der Waals surface area contributed by atoms with Gasteiger partial charge in [-0.05, 0) is 29.8 Å². The molecule has 0 unspecified atom stereocenters. The van der Waals surface area contributed by atoms with E-state index in [0.717, 1.165) is 13.2 Å². The molecule has 0 spiro atoms. The summed E-state index contributed by atoms with van der Waals surface area (Å²) >= 11 is 5.91. The number of nitrogens with one attached hydrogen (secondary N) is 1. The van der Waals surface area contributed by atoms with Gasteiger partial charge in [0.2, 0.25) is 0 Å². The summed E-state index contributed by atoms with van der Waals surface area (Å²) in [5, 5.41) is 18.3. The first kappa shape index (κ1) is 27.1.